The van der Waals surface area contributed by atoms with Crippen molar-refractivity contribution in [3.05, 3.63) is 123 Å². The van der Waals surface area contributed by atoms with Crippen molar-refractivity contribution in [2.45, 2.75) is 0 Å². The van der Waals surface area contributed by atoms with E-state index in [0.29, 0.717) is 0 Å². The first-order chi connectivity index (χ1) is 17.0. The molecule has 3 aromatic rings. The summed E-state index contributed by atoms with van der Waals surface area (Å²) in [6, 6.07) is 24.0. The van der Waals surface area contributed by atoms with Gasteiger partial charge in [0, 0.05) is 22.9 Å². The summed E-state index contributed by atoms with van der Waals surface area (Å²) < 4.78 is 0. The molecule has 4 atom stereocenters. The quantitative estimate of drug-likeness (QED) is 0.207. The molecule has 6 nitrogen and oxygen atoms in total. The lowest BCUT2D eigenvalue weighted by atomic mass is 9.85. The molecule has 0 radical (unpaired) electrons. The van der Waals surface area contributed by atoms with Gasteiger partial charge in [-0.05, 0) is 34.4 Å². The standard InChI is InChI=1S/C28H19ClN2O4/c29-18-11-14-21(22(15-18)31(34)35)30-27(32)25-19-12-13-20(26(25)28(30)33)24(19)23(16-7-3-1-4-8-16)17-9-5-2-6-10-17/h1-15,19-20,25-26H/t19-,20-,25+,26+/m0/s1. The van der Waals surface area contributed by atoms with Crippen LogP contribution in [0.1, 0.15) is 11.1 Å². The molecule has 1 aliphatic heterocycles. The van der Waals surface area contributed by atoms with Crippen LogP contribution in [-0.4, -0.2) is 16.7 Å². The molecule has 7 heteroatoms. The van der Waals surface area contributed by atoms with E-state index in [1.54, 1.807) is 0 Å². The predicted octanol–water partition coefficient (Wildman–Crippen LogP) is 5.67. The molecule has 1 heterocycles. The number of carbonyl (C=O) groups excluding carboxylic acids is 2. The highest BCUT2D eigenvalue weighted by Gasteiger charge is 2.63. The monoisotopic (exact) mass is 482 g/mol. The average Bonchev–Trinajstić information content (AvgIpc) is 3.50. The molecule has 2 bridgehead atoms. The van der Waals surface area contributed by atoms with Crippen LogP contribution in [0.3, 0.4) is 0 Å². The van der Waals surface area contributed by atoms with Crippen LogP contribution in [0.4, 0.5) is 11.4 Å². The second-order valence-electron chi connectivity index (χ2n) is 8.95. The number of rotatable bonds is 4. The Labute approximate surface area is 206 Å². The minimum atomic E-state index is -0.614. The Bertz CT molecular complexity index is 1370. The van der Waals surface area contributed by atoms with E-state index < -0.39 is 28.6 Å². The van der Waals surface area contributed by atoms with Gasteiger partial charge in [-0.1, -0.05) is 84.4 Å². The van der Waals surface area contributed by atoms with Crippen molar-refractivity contribution in [3.63, 3.8) is 0 Å². The van der Waals surface area contributed by atoms with Gasteiger partial charge < -0.3 is 0 Å². The Balaban J connectivity index is 1.49. The summed E-state index contributed by atoms with van der Waals surface area (Å²) in [7, 11) is 0. The van der Waals surface area contributed by atoms with Gasteiger partial charge in [-0.25, -0.2) is 4.90 Å². The Kier molecular flexibility index (Phi) is 4.93. The number of imide groups is 1. The molecule has 1 saturated carbocycles. The fraction of sp³-hybridized carbons (Fsp3) is 0.143. The van der Waals surface area contributed by atoms with E-state index in [0.717, 1.165) is 27.2 Å². The summed E-state index contributed by atoms with van der Waals surface area (Å²) in [5.41, 5.74) is 3.76. The van der Waals surface area contributed by atoms with Crippen molar-refractivity contribution in [1.29, 1.82) is 0 Å². The number of nitrogens with zero attached hydrogens (tertiary/aromatic N) is 2. The molecule has 0 spiro atoms. The molecule has 2 aliphatic carbocycles. The number of fused-ring (bicyclic) bond motifs is 5. The Morgan fingerprint density at radius 2 is 1.31 bits per heavy atom. The van der Waals surface area contributed by atoms with Gasteiger partial charge in [0.1, 0.15) is 5.69 Å². The Hall–Kier alpha value is -4.03. The van der Waals surface area contributed by atoms with Crippen LogP contribution in [-0.2, 0) is 9.59 Å². The summed E-state index contributed by atoms with van der Waals surface area (Å²) in [5, 5.41) is 11.8. The highest BCUT2D eigenvalue weighted by molar-refractivity contribution is 6.31. The van der Waals surface area contributed by atoms with Crippen LogP contribution in [0.2, 0.25) is 5.02 Å². The maximum absolute atomic E-state index is 13.7. The minimum Gasteiger partial charge on any atom is -0.274 e. The second-order valence-corrected chi connectivity index (χ2v) is 9.39. The SMILES string of the molecule is O=C1[C@H]2[C@H](C(=O)N1c1ccc(Cl)cc1[N+](=O)[O-])[C@H]1C=C[C@H]2C1=C(c1ccccc1)c1ccccc1. The van der Waals surface area contributed by atoms with Gasteiger partial charge in [0.25, 0.3) is 5.69 Å². The highest BCUT2D eigenvalue weighted by atomic mass is 35.5. The number of allylic oxidation sites excluding steroid dienone is 3. The van der Waals surface area contributed by atoms with Gasteiger partial charge in [0.2, 0.25) is 11.8 Å². The molecule has 6 rings (SSSR count). The number of amides is 2. The largest absolute Gasteiger partial charge is 0.294 e. The van der Waals surface area contributed by atoms with Gasteiger partial charge in [-0.15, -0.1) is 0 Å². The average molecular weight is 483 g/mol. The molecule has 2 fully saturated rings. The molecule has 3 aromatic carbocycles. The van der Waals surface area contributed by atoms with E-state index in [1.807, 2.05) is 72.8 Å². The van der Waals surface area contributed by atoms with Gasteiger partial charge >= 0.3 is 0 Å². The molecule has 0 N–H and O–H groups in total. The van der Waals surface area contributed by atoms with Crippen LogP contribution in [0.25, 0.3) is 5.57 Å². The third kappa shape index (κ3) is 3.17. The van der Waals surface area contributed by atoms with Crippen LogP contribution in [0.5, 0.6) is 0 Å². The number of carbonyl (C=O) groups is 2. The number of nitro benzene ring substituents is 1. The topological polar surface area (TPSA) is 80.5 Å². The Morgan fingerprint density at radius 3 is 1.80 bits per heavy atom. The van der Waals surface area contributed by atoms with E-state index in [-0.39, 0.29) is 28.2 Å². The first kappa shape index (κ1) is 21.5. The van der Waals surface area contributed by atoms with Crippen LogP contribution in [0, 0.1) is 33.8 Å². The molecule has 3 aliphatic rings. The van der Waals surface area contributed by atoms with E-state index in [1.165, 1.54) is 18.2 Å². The number of nitro groups is 1. The van der Waals surface area contributed by atoms with Crippen molar-refractivity contribution in [3.8, 4) is 0 Å². The zero-order chi connectivity index (χ0) is 24.3. The van der Waals surface area contributed by atoms with E-state index in [2.05, 4.69) is 0 Å². The lowest BCUT2D eigenvalue weighted by Crippen LogP contribution is -2.33. The zero-order valence-electron chi connectivity index (χ0n) is 18.4. The summed E-state index contributed by atoms with van der Waals surface area (Å²) in [4.78, 5) is 39.4. The fourth-order valence-corrected chi connectivity index (χ4v) is 6.04. The molecule has 1 saturated heterocycles. The highest BCUT2D eigenvalue weighted by Crippen LogP contribution is 2.59. The van der Waals surface area contributed by atoms with Crippen LogP contribution < -0.4 is 4.90 Å². The van der Waals surface area contributed by atoms with Gasteiger partial charge in [0.05, 0.1) is 16.8 Å². The molecule has 0 aromatic heterocycles. The summed E-state index contributed by atoms with van der Waals surface area (Å²) in [5.74, 6) is -2.50. The maximum Gasteiger partial charge on any atom is 0.294 e. The van der Waals surface area contributed by atoms with Gasteiger partial charge in [0.15, 0.2) is 0 Å². The molecule has 2 amide bonds. The maximum atomic E-state index is 13.7. The van der Waals surface area contributed by atoms with E-state index in [4.69, 9.17) is 11.6 Å². The summed E-state index contributed by atoms with van der Waals surface area (Å²) in [6.45, 7) is 0. The van der Waals surface area contributed by atoms with Gasteiger partial charge in [-0.2, -0.15) is 0 Å². The number of anilines is 1. The third-order valence-corrected chi connectivity index (χ3v) is 7.44. The lowest BCUT2D eigenvalue weighted by Gasteiger charge is -2.21. The second kappa shape index (κ2) is 8.03. The molecule has 172 valence electrons. The molecular weight excluding hydrogens is 464 g/mol. The summed E-state index contributed by atoms with van der Waals surface area (Å²) in [6.07, 6.45) is 4.02. The van der Waals surface area contributed by atoms with Crippen LogP contribution in [0.15, 0.2) is 96.6 Å². The first-order valence-electron chi connectivity index (χ1n) is 11.3. The summed E-state index contributed by atoms with van der Waals surface area (Å²) >= 11 is 5.95. The molecule has 0 unspecified atom stereocenters. The normalized spacial score (nSPS) is 24.3. The molecular formula is C28H19ClN2O4. The van der Waals surface area contributed by atoms with Crippen molar-refractivity contribution < 1.29 is 14.5 Å². The van der Waals surface area contributed by atoms with Gasteiger partial charge in [-0.3, -0.25) is 19.7 Å². The molecule has 35 heavy (non-hydrogen) atoms. The van der Waals surface area contributed by atoms with Crippen LogP contribution >= 0.6 is 11.6 Å². The Morgan fingerprint density at radius 1 is 0.800 bits per heavy atom. The number of hydrogen-bond donors (Lipinski definition) is 0. The zero-order valence-corrected chi connectivity index (χ0v) is 19.1. The van der Waals surface area contributed by atoms with E-state index >= 15 is 0 Å². The minimum absolute atomic E-state index is 0.0277. The first-order valence-corrected chi connectivity index (χ1v) is 11.7. The lowest BCUT2D eigenvalue weighted by molar-refractivity contribution is -0.384. The van der Waals surface area contributed by atoms with Crippen molar-refractivity contribution in [2.75, 3.05) is 4.90 Å². The third-order valence-electron chi connectivity index (χ3n) is 7.20. The van der Waals surface area contributed by atoms with E-state index in [9.17, 15) is 19.7 Å². The van der Waals surface area contributed by atoms with Crippen molar-refractivity contribution >= 4 is 40.4 Å². The predicted molar refractivity (Wildman–Crippen MR) is 133 cm³/mol. The van der Waals surface area contributed by atoms with Crippen molar-refractivity contribution in [1.82, 2.24) is 0 Å². The smallest absolute Gasteiger partial charge is 0.274 e. The fourth-order valence-electron chi connectivity index (χ4n) is 5.88. The number of halogens is 1. The van der Waals surface area contributed by atoms with Crippen molar-refractivity contribution in [2.24, 2.45) is 23.7 Å². The number of hydrogen-bond acceptors (Lipinski definition) is 4. The number of benzene rings is 3.